The minimum absolute atomic E-state index is 0.303. The standard InChI is InChI=1S/C20H20BrN3O3/c1-20(15-8-5-9-16(21)12-15)18(26)24(19(27)23-20)13-17(25)22-11-10-14-6-3-2-4-7-14/h2-9,12H,10-11,13H2,1H3,(H,22,25)(H,23,27)/t20-/m1/s1. The molecule has 0 aromatic heterocycles. The molecule has 0 unspecified atom stereocenters. The van der Waals surface area contributed by atoms with Gasteiger partial charge >= 0.3 is 6.03 Å². The van der Waals surface area contributed by atoms with Crippen LogP contribution in [0.2, 0.25) is 0 Å². The quantitative estimate of drug-likeness (QED) is 0.692. The summed E-state index contributed by atoms with van der Waals surface area (Å²) in [5.74, 6) is -0.809. The van der Waals surface area contributed by atoms with E-state index in [1.807, 2.05) is 36.4 Å². The summed E-state index contributed by atoms with van der Waals surface area (Å²) in [4.78, 5) is 38.3. The second kappa shape index (κ2) is 7.92. The number of amides is 4. The number of nitrogens with one attached hydrogen (secondary N) is 2. The van der Waals surface area contributed by atoms with Crippen LogP contribution in [0.1, 0.15) is 18.1 Å². The normalized spacial score (nSPS) is 19.1. The molecule has 1 heterocycles. The van der Waals surface area contributed by atoms with Crippen LogP contribution in [0, 0.1) is 0 Å². The summed E-state index contributed by atoms with van der Waals surface area (Å²) in [6.45, 7) is 1.78. The molecule has 0 saturated carbocycles. The summed E-state index contributed by atoms with van der Waals surface area (Å²) in [5, 5.41) is 5.45. The second-order valence-electron chi connectivity index (χ2n) is 6.54. The average molecular weight is 430 g/mol. The molecule has 1 saturated heterocycles. The van der Waals surface area contributed by atoms with Crippen LogP contribution in [0.5, 0.6) is 0 Å². The van der Waals surface area contributed by atoms with E-state index in [2.05, 4.69) is 26.6 Å². The zero-order valence-electron chi connectivity index (χ0n) is 14.9. The number of rotatable bonds is 6. The predicted octanol–water partition coefficient (Wildman–Crippen LogP) is 2.58. The maximum Gasteiger partial charge on any atom is 0.325 e. The molecule has 0 bridgehead atoms. The first-order valence-electron chi connectivity index (χ1n) is 8.61. The number of imide groups is 1. The summed E-state index contributed by atoms with van der Waals surface area (Å²) in [7, 11) is 0. The summed E-state index contributed by atoms with van der Waals surface area (Å²) < 4.78 is 0.806. The Balaban J connectivity index is 1.61. The topological polar surface area (TPSA) is 78.5 Å². The van der Waals surface area contributed by atoms with Crippen molar-refractivity contribution in [2.24, 2.45) is 0 Å². The van der Waals surface area contributed by atoms with Gasteiger partial charge in [0.2, 0.25) is 5.91 Å². The van der Waals surface area contributed by atoms with Crippen LogP contribution >= 0.6 is 15.9 Å². The van der Waals surface area contributed by atoms with Gasteiger partial charge in [-0.2, -0.15) is 0 Å². The lowest BCUT2D eigenvalue weighted by Crippen LogP contribution is -2.43. The number of nitrogens with zero attached hydrogens (tertiary/aromatic N) is 1. The van der Waals surface area contributed by atoms with Crippen molar-refractivity contribution in [2.75, 3.05) is 13.1 Å². The van der Waals surface area contributed by atoms with E-state index in [-0.39, 0.29) is 12.5 Å². The Hall–Kier alpha value is -2.67. The van der Waals surface area contributed by atoms with Gasteiger partial charge in [-0.05, 0) is 36.6 Å². The molecule has 140 valence electrons. The lowest BCUT2D eigenvalue weighted by Gasteiger charge is -2.22. The summed E-state index contributed by atoms with van der Waals surface area (Å²) in [6, 6.07) is 16.4. The highest BCUT2D eigenvalue weighted by atomic mass is 79.9. The van der Waals surface area contributed by atoms with E-state index in [0.717, 1.165) is 14.9 Å². The highest BCUT2D eigenvalue weighted by Crippen LogP contribution is 2.30. The third-order valence-electron chi connectivity index (χ3n) is 4.56. The molecule has 2 aromatic rings. The molecule has 1 aliphatic heterocycles. The zero-order valence-corrected chi connectivity index (χ0v) is 16.5. The van der Waals surface area contributed by atoms with Gasteiger partial charge in [-0.25, -0.2) is 4.79 Å². The van der Waals surface area contributed by atoms with Crippen molar-refractivity contribution in [3.63, 3.8) is 0 Å². The van der Waals surface area contributed by atoms with Crippen LogP contribution in [0.4, 0.5) is 4.79 Å². The Kier molecular flexibility index (Phi) is 5.60. The first kappa shape index (κ1) is 19.1. The summed E-state index contributed by atoms with van der Waals surface area (Å²) >= 11 is 3.37. The van der Waals surface area contributed by atoms with Crippen LogP contribution in [-0.4, -0.2) is 35.8 Å². The molecule has 0 radical (unpaired) electrons. The highest BCUT2D eigenvalue weighted by molar-refractivity contribution is 9.10. The number of carbonyl (C=O) groups excluding carboxylic acids is 3. The Morgan fingerprint density at radius 2 is 1.89 bits per heavy atom. The first-order valence-corrected chi connectivity index (χ1v) is 9.40. The largest absolute Gasteiger partial charge is 0.354 e. The molecule has 2 aromatic carbocycles. The molecule has 2 N–H and O–H groups in total. The van der Waals surface area contributed by atoms with Gasteiger partial charge in [0.25, 0.3) is 5.91 Å². The molecule has 7 heteroatoms. The number of hydrogen-bond donors (Lipinski definition) is 2. The number of hydrogen-bond acceptors (Lipinski definition) is 3. The predicted molar refractivity (Wildman–Crippen MR) is 105 cm³/mol. The minimum atomic E-state index is -1.19. The van der Waals surface area contributed by atoms with Crippen molar-refractivity contribution < 1.29 is 14.4 Å². The molecule has 0 spiro atoms. The molecule has 0 aliphatic carbocycles. The van der Waals surface area contributed by atoms with E-state index < -0.39 is 17.5 Å². The molecule has 4 amide bonds. The third kappa shape index (κ3) is 4.19. The van der Waals surface area contributed by atoms with E-state index in [0.29, 0.717) is 18.5 Å². The monoisotopic (exact) mass is 429 g/mol. The van der Waals surface area contributed by atoms with Crippen LogP contribution in [0.15, 0.2) is 59.1 Å². The van der Waals surface area contributed by atoms with Crippen LogP contribution in [-0.2, 0) is 21.5 Å². The van der Waals surface area contributed by atoms with Crippen molar-refractivity contribution in [1.29, 1.82) is 0 Å². The number of benzene rings is 2. The van der Waals surface area contributed by atoms with Gasteiger partial charge in [0.05, 0.1) is 0 Å². The van der Waals surface area contributed by atoms with Crippen molar-refractivity contribution >= 4 is 33.8 Å². The lowest BCUT2D eigenvalue weighted by molar-refractivity contribution is -0.134. The molecular formula is C20H20BrN3O3. The van der Waals surface area contributed by atoms with Crippen LogP contribution in [0.25, 0.3) is 0 Å². The van der Waals surface area contributed by atoms with Crippen LogP contribution < -0.4 is 10.6 Å². The van der Waals surface area contributed by atoms with Gasteiger partial charge in [-0.1, -0.05) is 58.4 Å². The Bertz CT molecular complexity index is 872. The van der Waals surface area contributed by atoms with Crippen LogP contribution in [0.3, 0.4) is 0 Å². The van der Waals surface area contributed by atoms with E-state index in [1.165, 1.54) is 0 Å². The van der Waals surface area contributed by atoms with Gasteiger partial charge in [-0.3, -0.25) is 14.5 Å². The number of carbonyl (C=O) groups is 3. The first-order chi connectivity index (χ1) is 12.9. The minimum Gasteiger partial charge on any atom is -0.354 e. The van der Waals surface area contributed by atoms with Gasteiger partial charge in [0, 0.05) is 11.0 Å². The summed E-state index contributed by atoms with van der Waals surface area (Å²) in [6.07, 6.45) is 0.683. The highest BCUT2D eigenvalue weighted by Gasteiger charge is 2.49. The average Bonchev–Trinajstić information content (AvgIpc) is 2.87. The Morgan fingerprint density at radius 1 is 1.15 bits per heavy atom. The fourth-order valence-corrected chi connectivity index (χ4v) is 3.43. The Morgan fingerprint density at radius 3 is 2.59 bits per heavy atom. The molecular weight excluding hydrogens is 410 g/mol. The number of urea groups is 1. The van der Waals surface area contributed by atoms with E-state index >= 15 is 0 Å². The SMILES string of the molecule is C[C@]1(c2cccc(Br)c2)NC(=O)N(CC(=O)NCCc2ccccc2)C1=O. The molecule has 1 atom stereocenters. The van der Waals surface area contributed by atoms with E-state index in [1.54, 1.807) is 25.1 Å². The van der Waals surface area contributed by atoms with Gasteiger partial charge in [-0.15, -0.1) is 0 Å². The maximum absolute atomic E-state index is 12.8. The molecule has 3 rings (SSSR count). The van der Waals surface area contributed by atoms with Gasteiger partial charge < -0.3 is 10.6 Å². The fourth-order valence-electron chi connectivity index (χ4n) is 3.03. The van der Waals surface area contributed by atoms with Crippen molar-refractivity contribution in [3.8, 4) is 0 Å². The van der Waals surface area contributed by atoms with Gasteiger partial charge in [0.1, 0.15) is 12.1 Å². The van der Waals surface area contributed by atoms with Crippen molar-refractivity contribution in [3.05, 3.63) is 70.2 Å². The molecule has 27 heavy (non-hydrogen) atoms. The lowest BCUT2D eigenvalue weighted by atomic mass is 9.92. The molecule has 1 aliphatic rings. The third-order valence-corrected chi connectivity index (χ3v) is 5.05. The van der Waals surface area contributed by atoms with Gasteiger partial charge in [0.15, 0.2) is 0 Å². The zero-order chi connectivity index (χ0) is 19.4. The maximum atomic E-state index is 12.8. The van der Waals surface area contributed by atoms with Crippen molar-refractivity contribution in [1.82, 2.24) is 15.5 Å². The molecule has 1 fully saturated rings. The Labute approximate surface area is 166 Å². The summed E-state index contributed by atoms with van der Waals surface area (Å²) in [5.41, 5.74) is 0.572. The van der Waals surface area contributed by atoms with E-state index in [4.69, 9.17) is 0 Å². The smallest absolute Gasteiger partial charge is 0.325 e. The van der Waals surface area contributed by atoms with E-state index in [9.17, 15) is 14.4 Å². The second-order valence-corrected chi connectivity index (χ2v) is 7.46. The fraction of sp³-hybridized carbons (Fsp3) is 0.250. The number of halogens is 1. The molecule has 6 nitrogen and oxygen atoms in total. The van der Waals surface area contributed by atoms with Crippen molar-refractivity contribution in [2.45, 2.75) is 18.9 Å².